The molecule has 3 heterocycles. The predicted molar refractivity (Wildman–Crippen MR) is 93.7 cm³/mol. The monoisotopic (exact) mass is 342 g/mol. The highest BCUT2D eigenvalue weighted by molar-refractivity contribution is 7.22. The molecule has 1 saturated heterocycles. The second kappa shape index (κ2) is 5.90. The Morgan fingerprint density at radius 2 is 1.96 bits per heavy atom. The van der Waals surface area contributed by atoms with Crippen LogP contribution in [0.4, 0.5) is 5.13 Å². The number of nitrogens with zero attached hydrogens (tertiary/aromatic N) is 4. The number of anilines is 1. The maximum absolute atomic E-state index is 12.3. The summed E-state index contributed by atoms with van der Waals surface area (Å²) in [6.07, 6.45) is 1.49. The topological polar surface area (TPSA) is 62.5 Å². The fourth-order valence-electron chi connectivity index (χ4n) is 2.93. The number of piperazine rings is 1. The molecule has 6 nitrogen and oxygen atoms in total. The number of aryl methyl sites for hydroxylation is 2. The number of aromatic nitrogens is 2. The van der Waals surface area contributed by atoms with E-state index in [0.29, 0.717) is 18.8 Å². The number of carbonyl (C=O) groups excluding carboxylic acids is 1. The van der Waals surface area contributed by atoms with Gasteiger partial charge in [-0.1, -0.05) is 22.6 Å². The van der Waals surface area contributed by atoms with Gasteiger partial charge in [0, 0.05) is 32.2 Å². The number of benzene rings is 1. The summed E-state index contributed by atoms with van der Waals surface area (Å²) in [5.74, 6) is 0.206. The first kappa shape index (κ1) is 15.1. The van der Waals surface area contributed by atoms with Gasteiger partial charge in [0.15, 0.2) is 5.13 Å². The van der Waals surface area contributed by atoms with E-state index in [1.54, 1.807) is 22.3 Å². The van der Waals surface area contributed by atoms with E-state index in [2.05, 4.69) is 36.0 Å². The quantitative estimate of drug-likeness (QED) is 0.717. The fourth-order valence-corrected chi connectivity index (χ4v) is 4.01. The van der Waals surface area contributed by atoms with Crippen LogP contribution in [0.2, 0.25) is 0 Å². The normalized spacial score (nSPS) is 15.2. The predicted octanol–water partition coefficient (Wildman–Crippen LogP) is 2.86. The first-order chi connectivity index (χ1) is 11.6. The molecule has 2 aromatic heterocycles. The van der Waals surface area contributed by atoms with Crippen LogP contribution in [0.1, 0.15) is 21.7 Å². The Hall–Kier alpha value is -2.41. The second-order valence-corrected chi connectivity index (χ2v) is 7.02. The summed E-state index contributed by atoms with van der Waals surface area (Å²) >= 11 is 1.72. The number of hydrogen-bond acceptors (Lipinski definition) is 6. The lowest BCUT2D eigenvalue weighted by atomic mass is 10.1. The zero-order valence-electron chi connectivity index (χ0n) is 13.7. The molecule has 0 saturated carbocycles. The van der Waals surface area contributed by atoms with Crippen molar-refractivity contribution in [1.82, 2.24) is 15.0 Å². The fraction of sp³-hybridized carbons (Fsp3) is 0.353. The lowest BCUT2D eigenvalue weighted by Gasteiger charge is -2.33. The molecule has 0 radical (unpaired) electrons. The molecular weight excluding hydrogens is 324 g/mol. The number of rotatable bonds is 2. The molecule has 3 aromatic rings. The third-order valence-corrected chi connectivity index (χ3v) is 5.64. The van der Waals surface area contributed by atoms with Crippen LogP contribution in [-0.2, 0) is 0 Å². The van der Waals surface area contributed by atoms with Crippen molar-refractivity contribution in [3.05, 3.63) is 41.3 Å². The molecule has 1 aliphatic heterocycles. The van der Waals surface area contributed by atoms with E-state index < -0.39 is 0 Å². The molecule has 0 N–H and O–H groups in total. The van der Waals surface area contributed by atoms with Gasteiger partial charge in [0.2, 0.25) is 5.76 Å². The Labute approximate surface area is 143 Å². The molecule has 24 heavy (non-hydrogen) atoms. The van der Waals surface area contributed by atoms with Crippen molar-refractivity contribution in [3.63, 3.8) is 0 Å². The minimum atomic E-state index is -0.0945. The molecule has 0 unspecified atom stereocenters. The van der Waals surface area contributed by atoms with Gasteiger partial charge >= 0.3 is 0 Å². The third-order valence-electron chi connectivity index (χ3n) is 4.56. The van der Waals surface area contributed by atoms with Crippen molar-refractivity contribution in [2.75, 3.05) is 31.1 Å². The van der Waals surface area contributed by atoms with E-state index in [1.807, 2.05) is 0 Å². The van der Waals surface area contributed by atoms with Crippen LogP contribution in [0, 0.1) is 13.8 Å². The molecule has 0 bridgehead atoms. The van der Waals surface area contributed by atoms with Crippen LogP contribution in [0.3, 0.4) is 0 Å². The van der Waals surface area contributed by atoms with Gasteiger partial charge in [-0.05, 0) is 31.0 Å². The van der Waals surface area contributed by atoms with E-state index >= 15 is 0 Å². The van der Waals surface area contributed by atoms with Crippen molar-refractivity contribution >= 4 is 32.6 Å². The van der Waals surface area contributed by atoms with Gasteiger partial charge in [0.1, 0.15) is 0 Å². The van der Waals surface area contributed by atoms with E-state index in [1.165, 1.54) is 22.0 Å². The lowest BCUT2D eigenvalue weighted by molar-refractivity contribution is 0.0705. The van der Waals surface area contributed by atoms with Gasteiger partial charge in [-0.2, -0.15) is 0 Å². The zero-order chi connectivity index (χ0) is 16.7. The first-order valence-corrected chi connectivity index (χ1v) is 8.77. The van der Waals surface area contributed by atoms with Crippen LogP contribution in [-0.4, -0.2) is 47.1 Å². The SMILES string of the molecule is Cc1ccc2sc(N3CCN(C(=O)c4ccno4)CC3)nc2c1C. The molecule has 1 aromatic carbocycles. The smallest absolute Gasteiger partial charge is 0.292 e. The Bertz CT molecular complexity index is 880. The number of thiazole rings is 1. The molecule has 1 fully saturated rings. The van der Waals surface area contributed by atoms with E-state index in [9.17, 15) is 4.79 Å². The molecular formula is C17H18N4O2S. The Kier molecular flexibility index (Phi) is 3.72. The third kappa shape index (κ3) is 2.54. The van der Waals surface area contributed by atoms with Gasteiger partial charge in [0.25, 0.3) is 5.91 Å². The molecule has 124 valence electrons. The van der Waals surface area contributed by atoms with Crippen molar-refractivity contribution in [2.24, 2.45) is 0 Å². The molecule has 0 spiro atoms. The van der Waals surface area contributed by atoms with Gasteiger partial charge in [-0.25, -0.2) is 4.98 Å². The van der Waals surface area contributed by atoms with E-state index in [0.717, 1.165) is 23.7 Å². The molecule has 1 aliphatic rings. The zero-order valence-corrected chi connectivity index (χ0v) is 14.5. The van der Waals surface area contributed by atoms with Gasteiger partial charge in [0.05, 0.1) is 16.4 Å². The molecule has 0 aliphatic carbocycles. The standard InChI is InChI=1S/C17H18N4O2S/c1-11-3-4-14-15(12(11)2)19-17(24-14)21-9-7-20(8-10-21)16(22)13-5-6-18-23-13/h3-6H,7-10H2,1-2H3. The Morgan fingerprint density at radius 1 is 1.17 bits per heavy atom. The number of amides is 1. The summed E-state index contributed by atoms with van der Waals surface area (Å²) in [5, 5.41) is 4.63. The lowest BCUT2D eigenvalue weighted by Crippen LogP contribution is -2.48. The summed E-state index contributed by atoms with van der Waals surface area (Å²) < 4.78 is 6.18. The van der Waals surface area contributed by atoms with Crippen LogP contribution >= 0.6 is 11.3 Å². The summed E-state index contributed by atoms with van der Waals surface area (Å²) in [5.41, 5.74) is 3.60. The Morgan fingerprint density at radius 3 is 2.67 bits per heavy atom. The highest BCUT2D eigenvalue weighted by atomic mass is 32.1. The number of carbonyl (C=O) groups is 1. The van der Waals surface area contributed by atoms with E-state index in [4.69, 9.17) is 9.51 Å². The minimum absolute atomic E-state index is 0.0945. The maximum Gasteiger partial charge on any atom is 0.292 e. The first-order valence-electron chi connectivity index (χ1n) is 7.95. The second-order valence-electron chi connectivity index (χ2n) is 6.01. The highest BCUT2D eigenvalue weighted by Gasteiger charge is 2.25. The van der Waals surface area contributed by atoms with Crippen LogP contribution in [0.15, 0.2) is 28.9 Å². The highest BCUT2D eigenvalue weighted by Crippen LogP contribution is 2.32. The van der Waals surface area contributed by atoms with Gasteiger partial charge in [-0.3, -0.25) is 4.79 Å². The van der Waals surface area contributed by atoms with Crippen LogP contribution in [0.25, 0.3) is 10.2 Å². The van der Waals surface area contributed by atoms with Crippen molar-refractivity contribution in [1.29, 1.82) is 0 Å². The maximum atomic E-state index is 12.3. The molecule has 4 rings (SSSR count). The van der Waals surface area contributed by atoms with Crippen molar-refractivity contribution in [2.45, 2.75) is 13.8 Å². The van der Waals surface area contributed by atoms with Crippen molar-refractivity contribution < 1.29 is 9.32 Å². The summed E-state index contributed by atoms with van der Waals surface area (Å²) in [4.78, 5) is 21.2. The largest absolute Gasteiger partial charge is 0.351 e. The van der Waals surface area contributed by atoms with Gasteiger partial charge < -0.3 is 14.3 Å². The average molecular weight is 342 g/mol. The molecule has 7 heteroatoms. The number of fused-ring (bicyclic) bond motifs is 1. The van der Waals surface area contributed by atoms with Crippen LogP contribution in [0.5, 0.6) is 0 Å². The van der Waals surface area contributed by atoms with E-state index in [-0.39, 0.29) is 5.91 Å². The molecule has 0 atom stereocenters. The average Bonchev–Trinajstić information content (AvgIpc) is 3.27. The molecule has 1 amide bonds. The van der Waals surface area contributed by atoms with Gasteiger partial charge in [-0.15, -0.1) is 0 Å². The Balaban J connectivity index is 1.50. The number of hydrogen-bond donors (Lipinski definition) is 0. The summed E-state index contributed by atoms with van der Waals surface area (Å²) in [6, 6.07) is 5.89. The summed E-state index contributed by atoms with van der Waals surface area (Å²) in [6.45, 7) is 7.10. The summed E-state index contributed by atoms with van der Waals surface area (Å²) in [7, 11) is 0. The van der Waals surface area contributed by atoms with Crippen LogP contribution < -0.4 is 4.90 Å². The minimum Gasteiger partial charge on any atom is -0.351 e. The van der Waals surface area contributed by atoms with Crippen molar-refractivity contribution in [3.8, 4) is 0 Å².